The van der Waals surface area contributed by atoms with E-state index in [1.54, 1.807) is 31.1 Å². The van der Waals surface area contributed by atoms with E-state index in [4.69, 9.17) is 4.74 Å². The Morgan fingerprint density at radius 3 is 2.45 bits per heavy atom. The topological polar surface area (TPSA) is 64.4 Å². The average Bonchev–Trinajstić information content (AvgIpc) is 2.70. The summed E-state index contributed by atoms with van der Waals surface area (Å²) in [5.41, 5.74) is 2.99. The van der Waals surface area contributed by atoms with E-state index in [2.05, 4.69) is 4.98 Å². The van der Waals surface area contributed by atoms with Crippen LogP contribution in [0.2, 0.25) is 0 Å². The molecule has 3 rings (SSSR count). The third kappa shape index (κ3) is 4.54. The second-order valence-electron chi connectivity index (χ2n) is 6.85. The molecule has 150 valence electrons. The van der Waals surface area contributed by atoms with Crippen molar-refractivity contribution in [3.05, 3.63) is 76.2 Å². The van der Waals surface area contributed by atoms with Crippen molar-refractivity contribution in [2.45, 2.75) is 27.3 Å². The zero-order valence-electron chi connectivity index (χ0n) is 17.2. The van der Waals surface area contributed by atoms with E-state index in [9.17, 15) is 9.59 Å². The van der Waals surface area contributed by atoms with Crippen molar-refractivity contribution in [3.63, 3.8) is 0 Å². The lowest BCUT2D eigenvalue weighted by Gasteiger charge is -2.23. The van der Waals surface area contributed by atoms with Crippen molar-refractivity contribution < 1.29 is 9.53 Å². The van der Waals surface area contributed by atoms with E-state index in [-0.39, 0.29) is 18.0 Å². The molecule has 6 nitrogen and oxygen atoms in total. The Labute approximate surface area is 170 Å². The molecule has 2 aromatic carbocycles. The van der Waals surface area contributed by atoms with Gasteiger partial charge in [0.05, 0.1) is 7.11 Å². The number of carbonyl (C=O) groups is 1. The molecule has 0 bridgehead atoms. The summed E-state index contributed by atoms with van der Waals surface area (Å²) >= 11 is 0. The first kappa shape index (κ1) is 20.3. The van der Waals surface area contributed by atoms with Gasteiger partial charge >= 0.3 is 0 Å². The number of hydrogen-bond donors (Lipinski definition) is 0. The Morgan fingerprint density at radius 1 is 1.10 bits per heavy atom. The van der Waals surface area contributed by atoms with Crippen LogP contribution in [0.5, 0.6) is 5.75 Å². The minimum absolute atomic E-state index is 0.0880. The maximum Gasteiger partial charge on any atom is 0.254 e. The molecule has 0 spiro atoms. The second-order valence-corrected chi connectivity index (χ2v) is 6.85. The van der Waals surface area contributed by atoms with Crippen LogP contribution >= 0.6 is 0 Å². The van der Waals surface area contributed by atoms with Gasteiger partial charge in [0, 0.05) is 29.6 Å². The summed E-state index contributed by atoms with van der Waals surface area (Å²) in [4.78, 5) is 32.0. The summed E-state index contributed by atoms with van der Waals surface area (Å²) in [6.45, 7) is 6.09. The predicted octanol–water partition coefficient (Wildman–Crippen LogP) is 3.59. The van der Waals surface area contributed by atoms with E-state index in [1.165, 1.54) is 10.6 Å². The number of likely N-dealkylation sites (N-methyl/N-ethyl adjacent to an activating group) is 1. The molecule has 1 aromatic heterocycles. The molecule has 0 atom stereocenters. The normalized spacial score (nSPS) is 10.6. The Hall–Kier alpha value is -3.41. The zero-order valence-corrected chi connectivity index (χ0v) is 17.2. The molecule has 1 amide bonds. The molecule has 29 heavy (non-hydrogen) atoms. The van der Waals surface area contributed by atoms with Gasteiger partial charge in [-0.3, -0.25) is 14.2 Å². The van der Waals surface area contributed by atoms with Crippen LogP contribution in [-0.2, 0) is 11.3 Å². The number of nitrogens with zero attached hydrogens (tertiary/aromatic N) is 3. The number of hydrogen-bond acceptors (Lipinski definition) is 4. The molecule has 0 aliphatic heterocycles. The maximum absolute atomic E-state index is 13.1. The van der Waals surface area contributed by atoms with E-state index < -0.39 is 0 Å². The van der Waals surface area contributed by atoms with Crippen molar-refractivity contribution in [1.82, 2.24) is 9.55 Å². The van der Waals surface area contributed by atoms with Crippen molar-refractivity contribution in [2.24, 2.45) is 0 Å². The Bertz CT molecular complexity index is 1070. The fourth-order valence-electron chi connectivity index (χ4n) is 3.25. The van der Waals surface area contributed by atoms with Crippen LogP contribution in [0, 0.1) is 13.8 Å². The fraction of sp³-hybridized carbons (Fsp3) is 0.261. The number of aryl methyl sites for hydroxylation is 2. The van der Waals surface area contributed by atoms with Crippen LogP contribution in [0.25, 0.3) is 11.4 Å². The van der Waals surface area contributed by atoms with Crippen molar-refractivity contribution in [1.29, 1.82) is 0 Å². The molecule has 0 unspecified atom stereocenters. The fourth-order valence-corrected chi connectivity index (χ4v) is 3.25. The van der Waals surface area contributed by atoms with Gasteiger partial charge in [-0.1, -0.05) is 12.1 Å². The summed E-state index contributed by atoms with van der Waals surface area (Å²) in [5, 5.41) is 0. The molecule has 1 heterocycles. The molecule has 0 fully saturated rings. The number of rotatable bonds is 6. The van der Waals surface area contributed by atoms with Gasteiger partial charge in [0.15, 0.2) is 0 Å². The summed E-state index contributed by atoms with van der Waals surface area (Å²) < 4.78 is 6.63. The number of methoxy groups -OCH3 is 1. The largest absolute Gasteiger partial charge is 0.497 e. The lowest BCUT2D eigenvalue weighted by molar-refractivity contribution is -0.119. The van der Waals surface area contributed by atoms with Crippen LogP contribution < -0.4 is 15.2 Å². The van der Waals surface area contributed by atoms with Gasteiger partial charge in [0.25, 0.3) is 5.56 Å². The molecule has 0 aliphatic rings. The van der Waals surface area contributed by atoms with Crippen molar-refractivity contribution in [2.75, 3.05) is 18.6 Å². The summed E-state index contributed by atoms with van der Waals surface area (Å²) in [6.07, 6.45) is 0. The van der Waals surface area contributed by atoms with E-state index >= 15 is 0 Å². The second kappa shape index (κ2) is 8.73. The minimum atomic E-state index is -0.253. The van der Waals surface area contributed by atoms with Crippen molar-refractivity contribution >= 4 is 11.6 Å². The molecule has 0 saturated carbocycles. The minimum Gasteiger partial charge on any atom is -0.497 e. The van der Waals surface area contributed by atoms with E-state index in [1.807, 2.05) is 50.2 Å². The molecule has 0 N–H and O–H groups in total. The van der Waals surface area contributed by atoms with Gasteiger partial charge in [-0.05, 0) is 62.7 Å². The first-order chi connectivity index (χ1) is 13.9. The van der Waals surface area contributed by atoms with Gasteiger partial charge in [0.2, 0.25) is 5.91 Å². The number of carbonyl (C=O) groups excluding carboxylic acids is 1. The van der Waals surface area contributed by atoms with Gasteiger partial charge < -0.3 is 9.64 Å². The highest BCUT2D eigenvalue weighted by atomic mass is 16.5. The van der Waals surface area contributed by atoms with E-state index in [0.717, 1.165) is 16.8 Å². The Kier molecular flexibility index (Phi) is 6.12. The van der Waals surface area contributed by atoms with Gasteiger partial charge in [-0.25, -0.2) is 4.98 Å². The monoisotopic (exact) mass is 391 g/mol. The Balaban J connectivity index is 1.99. The van der Waals surface area contributed by atoms with Gasteiger partial charge in [-0.15, -0.1) is 0 Å². The van der Waals surface area contributed by atoms with Crippen molar-refractivity contribution in [3.8, 4) is 17.1 Å². The number of aromatic nitrogens is 2. The number of ether oxygens (including phenoxy) is 1. The Morgan fingerprint density at radius 2 is 1.83 bits per heavy atom. The third-order valence-corrected chi connectivity index (χ3v) is 4.71. The predicted molar refractivity (Wildman–Crippen MR) is 114 cm³/mol. The summed E-state index contributed by atoms with van der Waals surface area (Å²) in [7, 11) is 1.60. The third-order valence-electron chi connectivity index (χ3n) is 4.71. The van der Waals surface area contributed by atoms with Gasteiger partial charge in [0.1, 0.15) is 18.1 Å². The molecule has 6 heteroatoms. The van der Waals surface area contributed by atoms with Crippen LogP contribution in [-0.4, -0.2) is 29.1 Å². The zero-order chi connectivity index (χ0) is 21.0. The molecular formula is C23H25N3O3. The smallest absolute Gasteiger partial charge is 0.254 e. The van der Waals surface area contributed by atoms with E-state index in [0.29, 0.717) is 23.8 Å². The standard InChI is InChI=1S/C23H25N3O3/c1-5-25(19-8-6-7-16(2)13-19)22(28)15-26-21(27)14-17(3)24-23(26)18-9-11-20(29-4)12-10-18/h6-14H,5,15H2,1-4H3. The highest BCUT2D eigenvalue weighted by molar-refractivity contribution is 5.93. The highest BCUT2D eigenvalue weighted by Gasteiger charge is 2.18. The summed E-state index contributed by atoms with van der Waals surface area (Å²) in [5.74, 6) is 1.01. The van der Waals surface area contributed by atoms with Crippen LogP contribution in [0.3, 0.4) is 0 Å². The first-order valence-electron chi connectivity index (χ1n) is 9.53. The highest BCUT2D eigenvalue weighted by Crippen LogP contribution is 2.21. The maximum atomic E-state index is 13.1. The lowest BCUT2D eigenvalue weighted by Crippen LogP contribution is -2.37. The first-order valence-corrected chi connectivity index (χ1v) is 9.53. The number of benzene rings is 2. The number of amides is 1. The number of anilines is 1. The average molecular weight is 391 g/mol. The molecule has 0 radical (unpaired) electrons. The SMILES string of the molecule is CCN(C(=O)Cn1c(-c2ccc(OC)cc2)nc(C)cc1=O)c1cccc(C)c1. The molecule has 0 aliphatic carbocycles. The summed E-state index contributed by atoms with van der Waals surface area (Å²) in [6, 6.07) is 16.5. The molecular weight excluding hydrogens is 366 g/mol. The molecule has 3 aromatic rings. The van der Waals surface area contributed by atoms with Crippen LogP contribution in [0.1, 0.15) is 18.2 Å². The lowest BCUT2D eigenvalue weighted by atomic mass is 10.2. The van der Waals surface area contributed by atoms with Gasteiger partial charge in [-0.2, -0.15) is 0 Å². The molecule has 0 saturated heterocycles. The quantitative estimate of drug-likeness (QED) is 0.644. The van der Waals surface area contributed by atoms with Crippen LogP contribution in [0.15, 0.2) is 59.4 Å². The van der Waals surface area contributed by atoms with Crippen LogP contribution in [0.4, 0.5) is 5.69 Å².